The van der Waals surface area contributed by atoms with E-state index in [1.165, 1.54) is 13.8 Å². The highest BCUT2D eigenvalue weighted by atomic mass is 16.5. The summed E-state index contributed by atoms with van der Waals surface area (Å²) in [6, 6.07) is 12.5. The molecule has 2 rings (SSSR count). The monoisotopic (exact) mass is 366 g/mol. The summed E-state index contributed by atoms with van der Waals surface area (Å²) in [5.41, 5.74) is 1.93. The Kier molecular flexibility index (Phi) is 6.77. The van der Waals surface area contributed by atoms with Crippen LogP contribution >= 0.6 is 0 Å². The minimum Gasteiger partial charge on any atom is -0.487 e. The topological polar surface area (TPSA) is 77.5 Å². The van der Waals surface area contributed by atoms with Crippen LogP contribution in [-0.2, 0) is 16.2 Å². The molecule has 0 unspecified atom stereocenters. The predicted octanol–water partition coefficient (Wildman–Crippen LogP) is 3.90. The van der Waals surface area contributed by atoms with Crippen LogP contribution < -0.4 is 4.74 Å². The van der Waals surface area contributed by atoms with Crippen LogP contribution in [0.5, 0.6) is 5.75 Å². The van der Waals surface area contributed by atoms with Crippen LogP contribution in [0, 0.1) is 6.92 Å². The van der Waals surface area contributed by atoms with Gasteiger partial charge in [0.1, 0.15) is 23.9 Å². The van der Waals surface area contributed by atoms with Crippen molar-refractivity contribution in [2.45, 2.75) is 40.2 Å². The van der Waals surface area contributed by atoms with E-state index in [9.17, 15) is 19.2 Å². The molecular formula is C22H22O5. The zero-order valence-corrected chi connectivity index (χ0v) is 15.7. The first-order valence-electron chi connectivity index (χ1n) is 8.64. The van der Waals surface area contributed by atoms with E-state index in [-0.39, 0.29) is 47.9 Å². The standard InChI is InChI=1S/C22H22O5/c1-14-9-18(20(25)11-15(2)23)22(19(10-14)21(26)12-16(3)24)27-13-17-7-5-4-6-8-17/h4-10H,11-13H2,1-3H3. The number of hydrogen-bond acceptors (Lipinski definition) is 5. The fourth-order valence-electron chi connectivity index (χ4n) is 2.72. The molecule has 0 fully saturated rings. The summed E-state index contributed by atoms with van der Waals surface area (Å²) in [6.45, 7) is 4.57. The average molecular weight is 366 g/mol. The SMILES string of the molecule is CC(=O)CC(=O)c1cc(C)cc(C(=O)CC(C)=O)c1OCc1ccccc1. The largest absolute Gasteiger partial charge is 0.487 e. The third kappa shape index (κ3) is 5.71. The zero-order valence-electron chi connectivity index (χ0n) is 15.7. The molecule has 0 aromatic heterocycles. The van der Waals surface area contributed by atoms with Crippen molar-refractivity contribution in [3.8, 4) is 5.75 Å². The summed E-state index contributed by atoms with van der Waals surface area (Å²) >= 11 is 0. The van der Waals surface area contributed by atoms with Crippen molar-refractivity contribution in [3.63, 3.8) is 0 Å². The number of Topliss-reactive ketones (excluding diaryl/α,β-unsaturated/α-hetero) is 4. The maximum Gasteiger partial charge on any atom is 0.173 e. The molecular weight excluding hydrogens is 344 g/mol. The number of ketones is 4. The fraction of sp³-hybridized carbons (Fsp3) is 0.273. The molecule has 0 amide bonds. The van der Waals surface area contributed by atoms with Gasteiger partial charge in [0.25, 0.3) is 0 Å². The lowest BCUT2D eigenvalue weighted by Crippen LogP contribution is -2.14. The van der Waals surface area contributed by atoms with Gasteiger partial charge in [-0.2, -0.15) is 0 Å². The summed E-state index contributed by atoms with van der Waals surface area (Å²) in [5, 5.41) is 0. The van der Waals surface area contributed by atoms with Gasteiger partial charge in [0.05, 0.1) is 24.0 Å². The van der Waals surface area contributed by atoms with E-state index in [0.717, 1.165) is 5.56 Å². The molecule has 5 nitrogen and oxygen atoms in total. The number of aryl methyl sites for hydroxylation is 1. The maximum atomic E-state index is 12.6. The predicted molar refractivity (Wildman–Crippen MR) is 101 cm³/mol. The van der Waals surface area contributed by atoms with E-state index in [4.69, 9.17) is 4.74 Å². The molecule has 0 heterocycles. The highest BCUT2D eigenvalue weighted by Gasteiger charge is 2.23. The Bertz CT molecular complexity index is 832. The summed E-state index contributed by atoms with van der Waals surface area (Å²) in [6.07, 6.45) is -0.545. The Labute approximate surface area is 158 Å². The summed E-state index contributed by atoms with van der Waals surface area (Å²) in [5.74, 6) is -1.24. The second-order valence-electron chi connectivity index (χ2n) is 6.57. The molecule has 0 aliphatic carbocycles. The van der Waals surface area contributed by atoms with Crippen LogP contribution in [0.1, 0.15) is 58.5 Å². The van der Waals surface area contributed by atoms with E-state index in [0.29, 0.717) is 5.56 Å². The maximum absolute atomic E-state index is 12.6. The number of benzene rings is 2. The zero-order chi connectivity index (χ0) is 20.0. The van der Waals surface area contributed by atoms with Gasteiger partial charge >= 0.3 is 0 Å². The van der Waals surface area contributed by atoms with E-state index in [1.807, 2.05) is 30.3 Å². The van der Waals surface area contributed by atoms with Crippen LogP contribution in [0.15, 0.2) is 42.5 Å². The summed E-state index contributed by atoms with van der Waals surface area (Å²) in [7, 11) is 0. The number of carbonyl (C=O) groups excluding carboxylic acids is 4. The highest BCUT2D eigenvalue weighted by Crippen LogP contribution is 2.29. The summed E-state index contributed by atoms with van der Waals surface area (Å²) in [4.78, 5) is 47.9. The molecule has 2 aromatic carbocycles. The Morgan fingerprint density at radius 3 is 1.74 bits per heavy atom. The first kappa shape index (κ1) is 20.2. The minimum atomic E-state index is -0.411. The second-order valence-corrected chi connectivity index (χ2v) is 6.57. The molecule has 0 radical (unpaired) electrons. The van der Waals surface area contributed by atoms with Crippen molar-refractivity contribution >= 4 is 23.1 Å². The summed E-state index contributed by atoms with van der Waals surface area (Å²) < 4.78 is 5.85. The van der Waals surface area contributed by atoms with Gasteiger partial charge in [0.2, 0.25) is 0 Å². The van der Waals surface area contributed by atoms with Crippen molar-refractivity contribution < 1.29 is 23.9 Å². The van der Waals surface area contributed by atoms with Crippen LogP contribution in [0.4, 0.5) is 0 Å². The Morgan fingerprint density at radius 1 is 0.815 bits per heavy atom. The second kappa shape index (κ2) is 9.03. The molecule has 27 heavy (non-hydrogen) atoms. The van der Waals surface area contributed by atoms with Gasteiger partial charge in [-0.05, 0) is 44.0 Å². The van der Waals surface area contributed by atoms with Gasteiger partial charge in [0, 0.05) is 0 Å². The molecule has 0 spiro atoms. The van der Waals surface area contributed by atoms with E-state index < -0.39 is 11.6 Å². The molecule has 140 valence electrons. The van der Waals surface area contributed by atoms with E-state index >= 15 is 0 Å². The van der Waals surface area contributed by atoms with Gasteiger partial charge in [-0.1, -0.05) is 30.3 Å². The van der Waals surface area contributed by atoms with Crippen molar-refractivity contribution in [1.82, 2.24) is 0 Å². The lowest BCUT2D eigenvalue weighted by molar-refractivity contribution is -0.117. The first-order chi connectivity index (χ1) is 12.8. The third-order valence-electron chi connectivity index (χ3n) is 3.88. The Hall–Kier alpha value is -3.08. The molecule has 0 saturated heterocycles. The van der Waals surface area contributed by atoms with Crippen molar-refractivity contribution in [3.05, 3.63) is 64.7 Å². The van der Waals surface area contributed by atoms with Crippen molar-refractivity contribution in [2.75, 3.05) is 0 Å². The molecule has 5 heteroatoms. The van der Waals surface area contributed by atoms with Gasteiger partial charge in [-0.15, -0.1) is 0 Å². The van der Waals surface area contributed by atoms with Crippen LogP contribution in [-0.4, -0.2) is 23.1 Å². The molecule has 0 aliphatic rings. The Morgan fingerprint density at radius 2 is 1.30 bits per heavy atom. The molecule has 0 atom stereocenters. The lowest BCUT2D eigenvalue weighted by atomic mass is 9.95. The van der Waals surface area contributed by atoms with Crippen LogP contribution in [0.25, 0.3) is 0 Å². The number of carbonyl (C=O) groups is 4. The van der Waals surface area contributed by atoms with E-state index in [1.54, 1.807) is 19.1 Å². The van der Waals surface area contributed by atoms with Gasteiger partial charge in [0.15, 0.2) is 11.6 Å². The smallest absolute Gasteiger partial charge is 0.173 e. The van der Waals surface area contributed by atoms with Gasteiger partial charge in [-0.25, -0.2) is 0 Å². The third-order valence-corrected chi connectivity index (χ3v) is 3.88. The van der Waals surface area contributed by atoms with Crippen molar-refractivity contribution in [2.24, 2.45) is 0 Å². The first-order valence-corrected chi connectivity index (χ1v) is 8.64. The number of hydrogen-bond donors (Lipinski definition) is 0. The molecule has 0 bridgehead atoms. The van der Waals surface area contributed by atoms with Gasteiger partial charge < -0.3 is 4.74 Å². The fourth-order valence-corrected chi connectivity index (χ4v) is 2.72. The van der Waals surface area contributed by atoms with Crippen LogP contribution in [0.3, 0.4) is 0 Å². The van der Waals surface area contributed by atoms with Crippen LogP contribution in [0.2, 0.25) is 0 Å². The van der Waals surface area contributed by atoms with Crippen molar-refractivity contribution in [1.29, 1.82) is 0 Å². The molecule has 0 aliphatic heterocycles. The number of rotatable bonds is 9. The van der Waals surface area contributed by atoms with E-state index in [2.05, 4.69) is 0 Å². The highest BCUT2D eigenvalue weighted by molar-refractivity contribution is 6.13. The average Bonchev–Trinajstić information content (AvgIpc) is 2.59. The van der Waals surface area contributed by atoms with Gasteiger partial charge in [-0.3, -0.25) is 19.2 Å². The lowest BCUT2D eigenvalue weighted by Gasteiger charge is -2.16. The Balaban J connectivity index is 2.48. The normalized spacial score (nSPS) is 10.3. The number of ether oxygens (including phenoxy) is 1. The molecule has 0 saturated carbocycles. The molecule has 0 N–H and O–H groups in total. The molecule has 2 aromatic rings. The minimum absolute atomic E-state index is 0.127. The quantitative estimate of drug-likeness (QED) is 0.497.